The van der Waals surface area contributed by atoms with Gasteiger partial charge in [-0.3, -0.25) is 4.79 Å². The first-order valence-corrected chi connectivity index (χ1v) is 12.4. The van der Waals surface area contributed by atoms with Gasteiger partial charge in [0.2, 0.25) is 0 Å². The van der Waals surface area contributed by atoms with Gasteiger partial charge in [-0.2, -0.15) is 0 Å². The summed E-state index contributed by atoms with van der Waals surface area (Å²) < 4.78 is 18.0. The van der Waals surface area contributed by atoms with Crippen LogP contribution in [0.4, 0.5) is 0 Å². The predicted octanol–water partition coefficient (Wildman–Crippen LogP) is 3.54. The van der Waals surface area contributed by atoms with Gasteiger partial charge < -0.3 is 13.9 Å². The van der Waals surface area contributed by atoms with E-state index in [-0.39, 0.29) is 21.9 Å². The monoisotopic (exact) mass is 416 g/mol. The molecule has 1 saturated heterocycles. The van der Waals surface area contributed by atoms with Crippen LogP contribution in [0.5, 0.6) is 0 Å². The fraction of sp³-hybridized carbons (Fsp3) is 0.409. The van der Waals surface area contributed by atoms with Crippen LogP contribution in [0, 0.1) is 0 Å². The summed E-state index contributed by atoms with van der Waals surface area (Å²) in [5.41, 5.74) is -0.406. The number of hydrogen-bond donors (Lipinski definition) is 0. The molecule has 6 heteroatoms. The summed E-state index contributed by atoms with van der Waals surface area (Å²) in [7, 11) is -2.57. The van der Waals surface area contributed by atoms with E-state index in [1.807, 2.05) is 12.1 Å². The van der Waals surface area contributed by atoms with Crippen molar-refractivity contribution in [2.75, 3.05) is 13.2 Å². The van der Waals surface area contributed by atoms with Crippen molar-refractivity contribution in [3.8, 4) is 0 Å². The molecule has 0 aliphatic carbocycles. The first kappa shape index (κ1) is 21.1. The van der Waals surface area contributed by atoms with E-state index in [1.165, 1.54) is 29.1 Å². The summed E-state index contributed by atoms with van der Waals surface area (Å²) in [5.74, 6) is -0.283. The second-order valence-corrected chi connectivity index (χ2v) is 13.5. The van der Waals surface area contributed by atoms with Crippen LogP contribution >= 0.6 is 11.8 Å². The molecule has 0 aromatic heterocycles. The van der Waals surface area contributed by atoms with Gasteiger partial charge in [0.05, 0.1) is 13.2 Å². The first-order valence-electron chi connectivity index (χ1n) is 9.52. The lowest BCUT2D eigenvalue weighted by Crippen LogP contribution is -2.67. The molecule has 0 N–H and O–H groups in total. The largest absolute Gasteiger partial charge is 0.449 e. The van der Waals surface area contributed by atoms with Gasteiger partial charge in [-0.1, -0.05) is 93.2 Å². The van der Waals surface area contributed by atoms with Crippen LogP contribution in [-0.2, 0) is 18.7 Å². The third-order valence-electron chi connectivity index (χ3n) is 4.87. The number of hydrogen-bond acceptors (Lipinski definition) is 5. The molecular formula is C22H28O4SSi. The van der Waals surface area contributed by atoms with Crippen LogP contribution < -0.4 is 10.4 Å². The molecule has 0 amide bonds. The molecule has 3 rings (SSSR count). The lowest BCUT2D eigenvalue weighted by Gasteiger charge is -2.43. The summed E-state index contributed by atoms with van der Waals surface area (Å²) in [6.07, 6.45) is 0. The zero-order chi connectivity index (χ0) is 20.2. The van der Waals surface area contributed by atoms with Crippen LogP contribution in [0.15, 0.2) is 60.7 Å². The van der Waals surface area contributed by atoms with Crippen LogP contribution in [0.2, 0.25) is 5.04 Å². The van der Waals surface area contributed by atoms with Crippen molar-refractivity contribution < 1.29 is 18.7 Å². The Morgan fingerprint density at radius 3 is 2.07 bits per heavy atom. The van der Waals surface area contributed by atoms with Crippen molar-refractivity contribution in [1.82, 2.24) is 0 Å². The van der Waals surface area contributed by atoms with Crippen LogP contribution in [-0.4, -0.2) is 38.4 Å². The normalized spacial score (nSPS) is 20.1. The van der Waals surface area contributed by atoms with Gasteiger partial charge >= 0.3 is 5.97 Å². The Balaban J connectivity index is 1.90. The Bertz CT molecular complexity index is 737. The maximum atomic E-state index is 11.2. The van der Waals surface area contributed by atoms with E-state index >= 15 is 0 Å². The van der Waals surface area contributed by atoms with E-state index in [0.717, 1.165) is 0 Å². The second kappa shape index (κ2) is 8.82. The molecular weight excluding hydrogens is 388 g/mol. The van der Waals surface area contributed by atoms with Gasteiger partial charge in [0.15, 0.2) is 5.44 Å². The zero-order valence-electron chi connectivity index (χ0n) is 16.9. The minimum atomic E-state index is -2.57. The Morgan fingerprint density at radius 2 is 1.61 bits per heavy atom. The third kappa shape index (κ3) is 4.51. The number of esters is 1. The minimum Gasteiger partial charge on any atom is -0.449 e. The van der Waals surface area contributed by atoms with Crippen molar-refractivity contribution >= 4 is 36.4 Å². The molecule has 1 heterocycles. The molecule has 1 aliphatic rings. The van der Waals surface area contributed by atoms with Crippen molar-refractivity contribution in [3.05, 3.63) is 60.7 Å². The van der Waals surface area contributed by atoms with E-state index in [0.29, 0.717) is 13.2 Å². The van der Waals surface area contributed by atoms with E-state index in [2.05, 4.69) is 69.3 Å². The van der Waals surface area contributed by atoms with E-state index < -0.39 is 8.32 Å². The fourth-order valence-corrected chi connectivity index (χ4v) is 9.39. The molecule has 4 nitrogen and oxygen atoms in total. The number of rotatable bonds is 6. The summed E-state index contributed by atoms with van der Waals surface area (Å²) in [6.45, 7) is 9.04. The number of carbonyl (C=O) groups excluding carboxylic acids is 1. The molecule has 0 saturated carbocycles. The molecule has 150 valence electrons. The number of thioether (sulfide) groups is 1. The number of ether oxygens (including phenoxy) is 2. The summed E-state index contributed by atoms with van der Waals surface area (Å²) in [4.78, 5) is 11.2. The standard InChI is InChI=1S/C22H28O4SSi/c1-17(23)26-21-15-24-20(27-21)16-25-28(22(2,3)4,18-11-7-5-8-12-18)19-13-9-6-10-14-19/h5-14,20-21H,15-16H2,1-4H3/t20-,21-/m0/s1. The van der Waals surface area contributed by atoms with E-state index in [9.17, 15) is 4.79 Å². The average molecular weight is 417 g/mol. The van der Waals surface area contributed by atoms with Gasteiger partial charge in [-0.05, 0) is 15.4 Å². The summed E-state index contributed by atoms with van der Waals surface area (Å²) in [5, 5.41) is 2.41. The molecule has 2 atom stereocenters. The maximum absolute atomic E-state index is 11.2. The highest BCUT2D eigenvalue weighted by Gasteiger charge is 2.50. The second-order valence-electron chi connectivity index (χ2n) is 7.91. The van der Waals surface area contributed by atoms with Crippen molar-refractivity contribution in [2.24, 2.45) is 0 Å². The zero-order valence-corrected chi connectivity index (χ0v) is 18.7. The highest BCUT2D eigenvalue weighted by atomic mass is 32.2. The molecule has 2 aromatic carbocycles. The van der Waals surface area contributed by atoms with Gasteiger partial charge in [-0.15, -0.1) is 0 Å². The van der Waals surface area contributed by atoms with Crippen molar-refractivity contribution in [2.45, 2.75) is 43.6 Å². The quantitative estimate of drug-likeness (QED) is 0.532. The molecule has 0 bridgehead atoms. The van der Waals surface area contributed by atoms with Crippen LogP contribution in [0.3, 0.4) is 0 Å². The maximum Gasteiger partial charge on any atom is 0.303 e. The van der Waals surface area contributed by atoms with Crippen LogP contribution in [0.1, 0.15) is 27.7 Å². The van der Waals surface area contributed by atoms with Gasteiger partial charge in [-0.25, -0.2) is 0 Å². The average Bonchev–Trinajstić information content (AvgIpc) is 3.09. The topological polar surface area (TPSA) is 44.8 Å². The highest BCUT2D eigenvalue weighted by molar-refractivity contribution is 8.00. The minimum absolute atomic E-state index is 0.0751. The van der Waals surface area contributed by atoms with Gasteiger partial charge in [0.25, 0.3) is 8.32 Å². The molecule has 2 aromatic rings. The molecule has 28 heavy (non-hydrogen) atoms. The van der Waals surface area contributed by atoms with E-state index in [1.54, 1.807) is 0 Å². The molecule has 1 aliphatic heterocycles. The Kier molecular flexibility index (Phi) is 6.65. The summed E-state index contributed by atoms with van der Waals surface area (Å²) in [6, 6.07) is 21.1. The predicted molar refractivity (Wildman–Crippen MR) is 116 cm³/mol. The van der Waals surface area contributed by atoms with Crippen molar-refractivity contribution in [3.63, 3.8) is 0 Å². The lowest BCUT2D eigenvalue weighted by atomic mass is 10.2. The Hall–Kier alpha value is -1.60. The number of benzene rings is 2. The van der Waals surface area contributed by atoms with Crippen molar-refractivity contribution in [1.29, 1.82) is 0 Å². The van der Waals surface area contributed by atoms with Gasteiger partial charge in [0.1, 0.15) is 5.44 Å². The SMILES string of the molecule is CC(=O)O[C@@H]1CO[C@H](CO[Si](c2ccccc2)(c2ccccc2)C(C)(C)C)S1. The lowest BCUT2D eigenvalue weighted by molar-refractivity contribution is -0.143. The first-order chi connectivity index (χ1) is 13.3. The summed E-state index contributed by atoms with van der Waals surface area (Å²) >= 11 is 1.51. The molecule has 1 fully saturated rings. The smallest absolute Gasteiger partial charge is 0.303 e. The highest BCUT2D eigenvalue weighted by Crippen LogP contribution is 2.38. The molecule has 0 spiro atoms. The Labute approximate surface area is 172 Å². The number of carbonyl (C=O) groups is 1. The fourth-order valence-electron chi connectivity index (χ4n) is 3.72. The van der Waals surface area contributed by atoms with E-state index in [4.69, 9.17) is 13.9 Å². The molecule has 0 radical (unpaired) electrons. The van der Waals surface area contributed by atoms with Gasteiger partial charge in [0, 0.05) is 6.92 Å². The molecule has 0 unspecified atom stereocenters. The van der Waals surface area contributed by atoms with Crippen LogP contribution in [0.25, 0.3) is 0 Å². The Morgan fingerprint density at radius 1 is 1.07 bits per heavy atom. The third-order valence-corrected chi connectivity index (χ3v) is 11.0.